The monoisotopic (exact) mass is 142 g/mol. The summed E-state index contributed by atoms with van der Waals surface area (Å²) in [6, 6.07) is 0. The largest absolute Gasteiger partial charge is 0.460 e. The Morgan fingerprint density at radius 2 is 1.90 bits per heavy atom. The summed E-state index contributed by atoms with van der Waals surface area (Å²) in [4.78, 5) is 10.6. The topological polar surface area (TPSA) is 26.3 Å². The lowest BCUT2D eigenvalue weighted by molar-refractivity contribution is -0.154. The van der Waals surface area contributed by atoms with Crippen LogP contribution in [0.2, 0.25) is 0 Å². The Bertz CT molecular complexity index is 134. The molecule has 0 spiro atoms. The summed E-state index contributed by atoms with van der Waals surface area (Å²) in [6.07, 6.45) is 4.46. The molecule has 0 saturated heterocycles. The van der Waals surface area contributed by atoms with Crippen molar-refractivity contribution >= 4 is 5.97 Å². The van der Waals surface area contributed by atoms with Crippen LogP contribution in [-0.4, -0.2) is 11.6 Å². The summed E-state index contributed by atoms with van der Waals surface area (Å²) in [7, 11) is 0. The molecule has 1 aliphatic rings. The molecule has 10 heavy (non-hydrogen) atoms. The molecule has 0 aromatic heterocycles. The van der Waals surface area contributed by atoms with Crippen LogP contribution in [0.4, 0.5) is 0 Å². The van der Waals surface area contributed by atoms with Gasteiger partial charge in [0.15, 0.2) is 0 Å². The van der Waals surface area contributed by atoms with Gasteiger partial charge in [0.25, 0.3) is 0 Å². The number of ether oxygens (including phenoxy) is 1. The molecule has 0 aromatic rings. The van der Waals surface area contributed by atoms with E-state index >= 15 is 0 Å². The minimum Gasteiger partial charge on any atom is -0.460 e. The van der Waals surface area contributed by atoms with E-state index in [4.69, 9.17) is 4.74 Å². The molecule has 1 rings (SSSR count). The molecule has 0 heterocycles. The molecule has 1 aliphatic carbocycles. The van der Waals surface area contributed by atoms with Crippen LogP contribution in [0.5, 0.6) is 0 Å². The van der Waals surface area contributed by atoms with Crippen molar-refractivity contribution < 1.29 is 9.53 Å². The van der Waals surface area contributed by atoms with E-state index in [-0.39, 0.29) is 11.6 Å². The fourth-order valence-electron chi connectivity index (χ4n) is 1.57. The summed E-state index contributed by atoms with van der Waals surface area (Å²) >= 11 is 0. The fourth-order valence-corrected chi connectivity index (χ4v) is 1.57. The minimum absolute atomic E-state index is 0.133. The average Bonchev–Trinajstić information content (AvgIpc) is 2.12. The number of esters is 1. The van der Waals surface area contributed by atoms with Crippen molar-refractivity contribution in [3.05, 3.63) is 0 Å². The molecule has 58 valence electrons. The molecule has 0 unspecified atom stereocenters. The van der Waals surface area contributed by atoms with Gasteiger partial charge >= 0.3 is 5.97 Å². The molecule has 2 nitrogen and oxygen atoms in total. The summed E-state index contributed by atoms with van der Waals surface area (Å²) in [5.41, 5.74) is -0.133. The van der Waals surface area contributed by atoms with E-state index in [0.717, 1.165) is 12.8 Å². The first-order valence-corrected chi connectivity index (χ1v) is 3.82. The Hall–Kier alpha value is -0.530. The van der Waals surface area contributed by atoms with Crippen LogP contribution < -0.4 is 0 Å². The van der Waals surface area contributed by atoms with E-state index in [2.05, 4.69) is 0 Å². The van der Waals surface area contributed by atoms with Crippen molar-refractivity contribution in [1.82, 2.24) is 0 Å². The van der Waals surface area contributed by atoms with Gasteiger partial charge in [-0.3, -0.25) is 4.79 Å². The molecule has 0 N–H and O–H groups in total. The lowest BCUT2D eigenvalue weighted by Gasteiger charge is -2.22. The Balaban J connectivity index is 2.43. The average molecular weight is 142 g/mol. The molecule has 0 aromatic carbocycles. The summed E-state index contributed by atoms with van der Waals surface area (Å²) < 4.78 is 5.16. The zero-order chi connectivity index (χ0) is 7.61. The molecule has 0 bridgehead atoms. The highest BCUT2D eigenvalue weighted by Crippen LogP contribution is 2.32. The Labute approximate surface area is 61.6 Å². The van der Waals surface area contributed by atoms with Crippen LogP contribution in [0.3, 0.4) is 0 Å². The minimum atomic E-state index is -0.149. The number of rotatable bonds is 1. The van der Waals surface area contributed by atoms with E-state index in [1.54, 1.807) is 0 Å². The maximum atomic E-state index is 10.6. The third-order valence-corrected chi connectivity index (χ3v) is 2.05. The van der Waals surface area contributed by atoms with Crippen LogP contribution in [0.1, 0.15) is 39.5 Å². The van der Waals surface area contributed by atoms with Crippen molar-refractivity contribution in [2.45, 2.75) is 45.1 Å². The van der Waals surface area contributed by atoms with Gasteiger partial charge in [0.2, 0.25) is 0 Å². The smallest absolute Gasteiger partial charge is 0.303 e. The quantitative estimate of drug-likeness (QED) is 0.522. The van der Waals surface area contributed by atoms with Gasteiger partial charge in [-0.15, -0.1) is 0 Å². The van der Waals surface area contributed by atoms with Crippen molar-refractivity contribution in [1.29, 1.82) is 0 Å². The van der Waals surface area contributed by atoms with Crippen molar-refractivity contribution in [3.8, 4) is 0 Å². The molecule has 0 atom stereocenters. The summed E-state index contributed by atoms with van der Waals surface area (Å²) in [6.45, 7) is 3.49. The van der Waals surface area contributed by atoms with Gasteiger partial charge in [0.05, 0.1) is 0 Å². The standard InChI is InChI=1S/C8H14O2/c1-7(9)10-8(2)5-3-4-6-8/h3-6H2,1-2H3. The van der Waals surface area contributed by atoms with E-state index < -0.39 is 0 Å². The Morgan fingerprint density at radius 3 is 2.30 bits per heavy atom. The molecule has 2 heteroatoms. The van der Waals surface area contributed by atoms with Crippen LogP contribution in [-0.2, 0) is 9.53 Å². The number of hydrogen-bond donors (Lipinski definition) is 0. The van der Waals surface area contributed by atoms with E-state index in [0.29, 0.717) is 0 Å². The van der Waals surface area contributed by atoms with E-state index in [1.165, 1.54) is 19.8 Å². The van der Waals surface area contributed by atoms with E-state index in [9.17, 15) is 4.79 Å². The van der Waals surface area contributed by atoms with Gasteiger partial charge in [-0.2, -0.15) is 0 Å². The van der Waals surface area contributed by atoms with Crippen LogP contribution in [0.15, 0.2) is 0 Å². The van der Waals surface area contributed by atoms with Crippen molar-refractivity contribution in [3.63, 3.8) is 0 Å². The predicted octanol–water partition coefficient (Wildman–Crippen LogP) is 1.88. The SMILES string of the molecule is CC(=O)OC1(C)CCCC1. The zero-order valence-corrected chi connectivity index (χ0v) is 6.64. The number of hydrogen-bond acceptors (Lipinski definition) is 2. The Kier molecular flexibility index (Phi) is 1.97. The second kappa shape index (κ2) is 2.60. The highest BCUT2D eigenvalue weighted by molar-refractivity contribution is 5.66. The highest BCUT2D eigenvalue weighted by Gasteiger charge is 2.31. The summed E-state index contributed by atoms with van der Waals surface area (Å²) in [5, 5.41) is 0. The first-order valence-electron chi connectivity index (χ1n) is 3.82. The number of carbonyl (C=O) groups excluding carboxylic acids is 1. The van der Waals surface area contributed by atoms with Gasteiger partial charge in [0, 0.05) is 6.92 Å². The predicted molar refractivity (Wildman–Crippen MR) is 38.6 cm³/mol. The van der Waals surface area contributed by atoms with Crippen LogP contribution >= 0.6 is 0 Å². The maximum Gasteiger partial charge on any atom is 0.303 e. The van der Waals surface area contributed by atoms with Crippen molar-refractivity contribution in [2.24, 2.45) is 0 Å². The molecular weight excluding hydrogens is 128 g/mol. The fraction of sp³-hybridized carbons (Fsp3) is 0.875. The van der Waals surface area contributed by atoms with Crippen LogP contribution in [0, 0.1) is 0 Å². The van der Waals surface area contributed by atoms with E-state index in [1.807, 2.05) is 6.92 Å². The second-order valence-electron chi connectivity index (χ2n) is 3.25. The van der Waals surface area contributed by atoms with Crippen molar-refractivity contribution in [2.75, 3.05) is 0 Å². The van der Waals surface area contributed by atoms with Gasteiger partial charge in [-0.25, -0.2) is 0 Å². The van der Waals surface area contributed by atoms with Gasteiger partial charge in [-0.05, 0) is 32.6 Å². The Morgan fingerprint density at radius 1 is 1.40 bits per heavy atom. The maximum absolute atomic E-state index is 10.6. The molecule has 1 fully saturated rings. The first-order chi connectivity index (χ1) is 4.62. The van der Waals surface area contributed by atoms with Gasteiger partial charge in [-0.1, -0.05) is 0 Å². The first kappa shape index (κ1) is 7.58. The van der Waals surface area contributed by atoms with Crippen LogP contribution in [0.25, 0.3) is 0 Å². The third-order valence-electron chi connectivity index (χ3n) is 2.05. The third kappa shape index (κ3) is 1.72. The number of carbonyl (C=O) groups is 1. The normalized spacial score (nSPS) is 22.6. The zero-order valence-electron chi connectivity index (χ0n) is 6.64. The highest BCUT2D eigenvalue weighted by atomic mass is 16.6. The lowest BCUT2D eigenvalue weighted by Crippen LogP contribution is -2.26. The lowest BCUT2D eigenvalue weighted by atomic mass is 10.1. The molecular formula is C8H14O2. The molecule has 0 radical (unpaired) electrons. The molecule has 0 amide bonds. The van der Waals surface area contributed by atoms with Gasteiger partial charge < -0.3 is 4.74 Å². The summed E-state index contributed by atoms with van der Waals surface area (Å²) in [5.74, 6) is -0.149. The molecule has 0 aliphatic heterocycles. The van der Waals surface area contributed by atoms with Gasteiger partial charge in [0.1, 0.15) is 5.60 Å². The molecule has 1 saturated carbocycles. The second-order valence-corrected chi connectivity index (χ2v) is 3.25.